The van der Waals surface area contributed by atoms with Crippen molar-refractivity contribution in [3.63, 3.8) is 0 Å². The van der Waals surface area contributed by atoms with E-state index in [1.165, 1.54) is 0 Å². The number of likely N-dealkylation sites (tertiary alicyclic amines) is 1. The molecule has 0 atom stereocenters. The van der Waals surface area contributed by atoms with Crippen LogP contribution in [-0.4, -0.2) is 60.5 Å². The third-order valence-electron chi connectivity index (χ3n) is 2.56. The van der Waals surface area contributed by atoms with Gasteiger partial charge >= 0.3 is 6.09 Å². The van der Waals surface area contributed by atoms with E-state index < -0.39 is 5.60 Å². The van der Waals surface area contributed by atoms with Crippen LogP contribution in [0.2, 0.25) is 0 Å². The van der Waals surface area contributed by atoms with Crippen molar-refractivity contribution in [1.82, 2.24) is 9.80 Å². The van der Waals surface area contributed by atoms with Crippen molar-refractivity contribution in [3.8, 4) is 0 Å². The summed E-state index contributed by atoms with van der Waals surface area (Å²) in [4.78, 5) is 26.3. The minimum absolute atomic E-state index is 0.282. The van der Waals surface area contributed by atoms with E-state index in [-0.39, 0.29) is 11.9 Å². The highest BCUT2D eigenvalue weighted by atomic mass is 16.6. The monoisotopic (exact) mass is 242 g/mol. The lowest BCUT2D eigenvalue weighted by atomic mass is 10.2. The Kier molecular flexibility index (Phi) is 4.51. The molecule has 0 aromatic rings. The summed E-state index contributed by atoms with van der Waals surface area (Å²) in [5.41, 5.74) is -0.463. The molecule has 0 unspecified atom stereocenters. The molecule has 0 aromatic carbocycles. The van der Waals surface area contributed by atoms with E-state index in [1.807, 2.05) is 20.8 Å². The average Bonchev–Trinajstić information content (AvgIpc) is 2.58. The highest BCUT2D eigenvalue weighted by Crippen LogP contribution is 2.09. The van der Waals surface area contributed by atoms with Gasteiger partial charge in [0.25, 0.3) is 0 Å². The number of carbonyl (C=O) groups is 2. The number of Topliss-reactive ketones (excluding diaryl/α,β-unsaturated/α-hetero) is 1. The van der Waals surface area contributed by atoms with Crippen LogP contribution in [0.3, 0.4) is 0 Å². The summed E-state index contributed by atoms with van der Waals surface area (Å²) in [5.74, 6) is 0.282. The van der Waals surface area contributed by atoms with E-state index in [9.17, 15) is 9.59 Å². The highest BCUT2D eigenvalue weighted by Gasteiger charge is 2.22. The lowest BCUT2D eigenvalue weighted by Crippen LogP contribution is -2.38. The molecule has 1 saturated heterocycles. The van der Waals surface area contributed by atoms with E-state index in [1.54, 1.807) is 11.9 Å². The van der Waals surface area contributed by atoms with E-state index >= 15 is 0 Å². The minimum atomic E-state index is -0.463. The molecule has 1 heterocycles. The first-order valence-electron chi connectivity index (χ1n) is 5.96. The van der Waals surface area contributed by atoms with Gasteiger partial charge in [0, 0.05) is 33.1 Å². The number of carbonyl (C=O) groups excluding carboxylic acids is 2. The summed E-state index contributed by atoms with van der Waals surface area (Å²) in [6, 6.07) is 0. The molecule has 0 radical (unpaired) electrons. The summed E-state index contributed by atoms with van der Waals surface area (Å²) in [7, 11) is 1.71. The zero-order chi connectivity index (χ0) is 13.1. The van der Waals surface area contributed by atoms with Gasteiger partial charge in [-0.2, -0.15) is 0 Å². The number of ether oxygens (including phenoxy) is 1. The van der Waals surface area contributed by atoms with Crippen LogP contribution in [0, 0.1) is 0 Å². The lowest BCUT2D eigenvalue weighted by molar-refractivity contribution is -0.116. The molecule has 1 amide bonds. The Hall–Kier alpha value is -1.10. The topological polar surface area (TPSA) is 49.9 Å². The zero-order valence-corrected chi connectivity index (χ0v) is 11.2. The van der Waals surface area contributed by atoms with Gasteiger partial charge in [-0.15, -0.1) is 0 Å². The fourth-order valence-electron chi connectivity index (χ4n) is 1.60. The smallest absolute Gasteiger partial charge is 0.410 e. The Morgan fingerprint density at radius 1 is 1.47 bits per heavy atom. The first kappa shape index (κ1) is 14.0. The highest BCUT2D eigenvalue weighted by molar-refractivity contribution is 5.82. The van der Waals surface area contributed by atoms with Gasteiger partial charge in [-0.05, 0) is 20.8 Å². The maximum Gasteiger partial charge on any atom is 0.410 e. The van der Waals surface area contributed by atoms with Gasteiger partial charge in [0.1, 0.15) is 11.4 Å². The van der Waals surface area contributed by atoms with Gasteiger partial charge in [0.2, 0.25) is 0 Å². The molecule has 0 aromatic heterocycles. The van der Waals surface area contributed by atoms with Crippen molar-refractivity contribution in [2.24, 2.45) is 0 Å². The van der Waals surface area contributed by atoms with Gasteiger partial charge in [-0.1, -0.05) is 0 Å². The van der Waals surface area contributed by atoms with Crippen LogP contribution >= 0.6 is 0 Å². The Balaban J connectivity index is 2.27. The van der Waals surface area contributed by atoms with E-state index in [2.05, 4.69) is 4.90 Å². The Bertz CT molecular complexity index is 297. The fourth-order valence-corrected chi connectivity index (χ4v) is 1.60. The summed E-state index contributed by atoms with van der Waals surface area (Å²) in [6.07, 6.45) is 0.318. The quantitative estimate of drug-likeness (QED) is 0.744. The fraction of sp³-hybridized carbons (Fsp3) is 0.833. The summed E-state index contributed by atoms with van der Waals surface area (Å²) < 4.78 is 5.24. The molecule has 0 saturated carbocycles. The van der Waals surface area contributed by atoms with E-state index in [0.29, 0.717) is 19.5 Å². The molecule has 98 valence electrons. The average molecular weight is 242 g/mol. The standard InChI is InChI=1S/C12H22N2O3/c1-12(2,3)17-11(16)13(4)7-8-14-6-5-10(15)9-14/h5-9H2,1-4H3. The second kappa shape index (κ2) is 5.49. The third-order valence-corrected chi connectivity index (χ3v) is 2.56. The molecule has 1 aliphatic rings. The molecule has 0 bridgehead atoms. The van der Waals surface area contributed by atoms with Gasteiger partial charge in [-0.25, -0.2) is 4.79 Å². The molecule has 17 heavy (non-hydrogen) atoms. The molecule has 1 aliphatic heterocycles. The Morgan fingerprint density at radius 3 is 2.59 bits per heavy atom. The van der Waals surface area contributed by atoms with Crippen LogP contribution in [0.5, 0.6) is 0 Å². The number of amides is 1. The van der Waals surface area contributed by atoms with Crippen LogP contribution in [0.15, 0.2) is 0 Å². The molecule has 0 spiro atoms. The predicted octanol–water partition coefficient (Wildman–Crippen LogP) is 1.13. The molecule has 5 heteroatoms. The summed E-state index contributed by atoms with van der Waals surface area (Å²) in [5, 5.41) is 0. The van der Waals surface area contributed by atoms with Gasteiger partial charge < -0.3 is 9.64 Å². The van der Waals surface area contributed by atoms with Crippen molar-refractivity contribution in [2.45, 2.75) is 32.8 Å². The van der Waals surface area contributed by atoms with E-state index in [4.69, 9.17) is 4.74 Å². The van der Waals surface area contributed by atoms with Gasteiger partial charge in [0.05, 0.1) is 6.54 Å². The first-order valence-corrected chi connectivity index (χ1v) is 5.96. The molecule has 0 aliphatic carbocycles. The normalized spacial score (nSPS) is 17.3. The van der Waals surface area contributed by atoms with Gasteiger partial charge in [0.15, 0.2) is 0 Å². The number of nitrogens with zero attached hydrogens (tertiary/aromatic N) is 2. The van der Waals surface area contributed by atoms with Gasteiger partial charge in [-0.3, -0.25) is 9.69 Å². The molecule has 0 N–H and O–H groups in total. The maximum absolute atomic E-state index is 11.6. The van der Waals surface area contributed by atoms with Crippen LogP contribution in [0.25, 0.3) is 0 Å². The summed E-state index contributed by atoms with van der Waals surface area (Å²) in [6.45, 7) is 8.17. The largest absolute Gasteiger partial charge is 0.444 e. The van der Waals surface area contributed by atoms with Crippen molar-refractivity contribution in [1.29, 1.82) is 0 Å². The molecule has 5 nitrogen and oxygen atoms in total. The first-order chi connectivity index (χ1) is 7.78. The lowest BCUT2D eigenvalue weighted by Gasteiger charge is -2.25. The van der Waals surface area contributed by atoms with Crippen molar-refractivity contribution in [2.75, 3.05) is 33.2 Å². The number of hydrogen-bond donors (Lipinski definition) is 0. The maximum atomic E-state index is 11.6. The van der Waals surface area contributed by atoms with Crippen molar-refractivity contribution >= 4 is 11.9 Å². The van der Waals surface area contributed by atoms with E-state index in [0.717, 1.165) is 13.1 Å². The Morgan fingerprint density at radius 2 is 2.12 bits per heavy atom. The van der Waals surface area contributed by atoms with Crippen LogP contribution < -0.4 is 0 Å². The molecular formula is C12H22N2O3. The van der Waals surface area contributed by atoms with Crippen LogP contribution in [0.4, 0.5) is 4.79 Å². The second-order valence-corrected chi connectivity index (χ2v) is 5.47. The third kappa shape index (κ3) is 5.17. The minimum Gasteiger partial charge on any atom is -0.444 e. The molecule has 1 fully saturated rings. The summed E-state index contributed by atoms with van der Waals surface area (Å²) >= 11 is 0. The van der Waals surface area contributed by atoms with Crippen molar-refractivity contribution < 1.29 is 14.3 Å². The SMILES string of the molecule is CN(CCN1CCC(=O)C1)C(=O)OC(C)(C)C. The van der Waals surface area contributed by atoms with Crippen LogP contribution in [0.1, 0.15) is 27.2 Å². The predicted molar refractivity (Wildman–Crippen MR) is 64.9 cm³/mol. The van der Waals surface area contributed by atoms with Crippen LogP contribution in [-0.2, 0) is 9.53 Å². The second-order valence-electron chi connectivity index (χ2n) is 5.47. The number of ketones is 1. The number of hydrogen-bond acceptors (Lipinski definition) is 4. The Labute approximate surface area is 103 Å². The number of likely N-dealkylation sites (N-methyl/N-ethyl adjacent to an activating group) is 1. The molecule has 1 rings (SSSR count). The number of rotatable bonds is 3. The zero-order valence-electron chi connectivity index (χ0n) is 11.2. The van der Waals surface area contributed by atoms with Crippen molar-refractivity contribution in [3.05, 3.63) is 0 Å². The molecular weight excluding hydrogens is 220 g/mol.